The van der Waals surface area contributed by atoms with E-state index < -0.39 is 58.3 Å². The second-order valence-corrected chi connectivity index (χ2v) is 11.1. The van der Waals surface area contributed by atoms with Crippen LogP contribution in [-0.4, -0.2) is 29.3 Å². The summed E-state index contributed by atoms with van der Waals surface area (Å²) in [5.74, 6) is -1.59. The molecule has 0 aliphatic heterocycles. The SMILES string of the molecule is [2H]C([2H])([2H])C([2H])(n1cnc2c(c1=O)C(Cc1cccc(-c3ccccc3)c1F)C(NS(=O)(=O)C1CC1)CC2)C([2H])([2H])[2H]. The number of hydrogen-bond acceptors (Lipinski definition) is 4. The number of fused-ring (bicyclic) bond motifs is 1. The Morgan fingerprint density at radius 3 is 2.66 bits per heavy atom. The van der Waals surface area contributed by atoms with Crippen molar-refractivity contribution in [2.45, 2.75) is 69.0 Å². The van der Waals surface area contributed by atoms with Gasteiger partial charge < -0.3 is 0 Å². The lowest BCUT2D eigenvalue weighted by Gasteiger charge is -2.34. The van der Waals surface area contributed by atoms with Crippen LogP contribution in [-0.2, 0) is 22.9 Å². The lowest BCUT2D eigenvalue weighted by atomic mass is 9.78. The fourth-order valence-corrected chi connectivity index (χ4v) is 6.47. The van der Waals surface area contributed by atoms with E-state index in [1.807, 2.05) is 0 Å². The molecule has 1 saturated carbocycles. The molecule has 35 heavy (non-hydrogen) atoms. The zero-order valence-electron chi connectivity index (χ0n) is 25.9. The van der Waals surface area contributed by atoms with Gasteiger partial charge in [-0.15, -0.1) is 0 Å². The van der Waals surface area contributed by atoms with Gasteiger partial charge in [-0.25, -0.2) is 22.5 Å². The minimum Gasteiger partial charge on any atom is -0.296 e. The predicted octanol–water partition coefficient (Wildman–Crippen LogP) is 4.35. The quantitative estimate of drug-likeness (QED) is 0.521. The lowest BCUT2D eigenvalue weighted by molar-refractivity contribution is 0.408. The highest BCUT2D eigenvalue weighted by atomic mass is 32.2. The van der Waals surface area contributed by atoms with Crippen LogP contribution in [0.3, 0.4) is 0 Å². The Morgan fingerprint density at radius 2 is 1.94 bits per heavy atom. The number of benzene rings is 2. The first-order valence-corrected chi connectivity index (χ1v) is 13.1. The maximum atomic E-state index is 16.0. The number of rotatable bonds is 7. The predicted molar refractivity (Wildman–Crippen MR) is 134 cm³/mol. The van der Waals surface area contributed by atoms with Gasteiger partial charge >= 0.3 is 0 Å². The topological polar surface area (TPSA) is 81.1 Å². The number of aryl methyl sites for hydroxylation is 1. The number of sulfonamides is 1. The summed E-state index contributed by atoms with van der Waals surface area (Å²) in [7, 11) is -3.76. The normalized spacial score (nSPS) is 24.1. The standard InChI is InChI=1S/C27H30FN3O3S/c1-17(2)31-16-29-24-14-13-23(30-35(33,34)20-11-12-20)22(25(24)27(31)32)15-19-9-6-10-21(26(19)28)18-7-4-3-5-8-18/h3-10,16-17,20,22-23,30H,11-15H2,1-2H3/i1D3,2D3,17D. The molecule has 6 nitrogen and oxygen atoms in total. The van der Waals surface area contributed by atoms with Gasteiger partial charge in [-0.2, -0.15) is 0 Å². The number of hydrogen-bond donors (Lipinski definition) is 1. The molecule has 2 aliphatic carbocycles. The Kier molecular flexibility index (Phi) is 4.46. The number of halogens is 1. The van der Waals surface area contributed by atoms with Crippen molar-refractivity contribution < 1.29 is 22.4 Å². The molecular weight excluding hydrogens is 465 g/mol. The molecule has 0 saturated heterocycles. The highest BCUT2D eigenvalue weighted by Gasteiger charge is 2.41. The van der Waals surface area contributed by atoms with Crippen LogP contribution < -0.4 is 10.3 Å². The van der Waals surface area contributed by atoms with Crippen LogP contribution in [0.1, 0.15) is 71.3 Å². The largest absolute Gasteiger partial charge is 0.296 e. The zero-order chi connectivity index (χ0) is 30.7. The molecule has 1 heterocycles. The Hall–Kier alpha value is -2.84. The molecule has 8 heteroatoms. The highest BCUT2D eigenvalue weighted by Crippen LogP contribution is 2.36. The third-order valence-corrected chi connectivity index (χ3v) is 8.74. The molecule has 1 fully saturated rings. The summed E-state index contributed by atoms with van der Waals surface area (Å²) in [5.41, 5.74) is 0.122. The van der Waals surface area contributed by atoms with E-state index in [1.54, 1.807) is 42.5 Å². The van der Waals surface area contributed by atoms with E-state index in [1.165, 1.54) is 6.07 Å². The van der Waals surface area contributed by atoms with Crippen molar-refractivity contribution in [1.82, 2.24) is 14.3 Å². The van der Waals surface area contributed by atoms with E-state index in [4.69, 9.17) is 9.60 Å². The van der Waals surface area contributed by atoms with Crippen LogP contribution >= 0.6 is 0 Å². The molecule has 184 valence electrons. The maximum Gasteiger partial charge on any atom is 0.257 e. The molecule has 2 unspecified atom stereocenters. The van der Waals surface area contributed by atoms with Crippen molar-refractivity contribution in [3.8, 4) is 11.1 Å². The summed E-state index contributed by atoms with van der Waals surface area (Å²) in [6.45, 7) is -6.91. The zero-order valence-corrected chi connectivity index (χ0v) is 19.7. The number of nitrogens with zero attached hydrogens (tertiary/aromatic N) is 2. The first kappa shape index (κ1) is 16.8. The van der Waals surface area contributed by atoms with Gasteiger partial charge in [0.05, 0.1) is 18.6 Å². The Bertz CT molecular complexity index is 1640. The van der Waals surface area contributed by atoms with E-state index in [0.717, 1.165) is 6.33 Å². The average molecular weight is 503 g/mol. The molecule has 1 aromatic heterocycles. The van der Waals surface area contributed by atoms with Gasteiger partial charge in [0.15, 0.2) is 0 Å². The van der Waals surface area contributed by atoms with Crippen molar-refractivity contribution in [1.29, 1.82) is 0 Å². The van der Waals surface area contributed by atoms with E-state index in [9.17, 15) is 13.2 Å². The Labute approximate surface area is 215 Å². The molecular formula is C27H30FN3O3S. The Balaban J connectivity index is 1.67. The molecule has 0 spiro atoms. The summed E-state index contributed by atoms with van der Waals surface area (Å²) >= 11 is 0. The van der Waals surface area contributed by atoms with E-state index in [2.05, 4.69) is 9.71 Å². The van der Waals surface area contributed by atoms with Gasteiger partial charge in [-0.05, 0) is 56.9 Å². The van der Waals surface area contributed by atoms with Crippen LogP contribution in [0.4, 0.5) is 4.39 Å². The smallest absolute Gasteiger partial charge is 0.257 e. The molecule has 5 rings (SSSR count). The van der Waals surface area contributed by atoms with E-state index in [0.29, 0.717) is 28.5 Å². The summed E-state index contributed by atoms with van der Waals surface area (Å²) < 4.78 is 101. The fraction of sp³-hybridized carbons (Fsp3) is 0.407. The van der Waals surface area contributed by atoms with Crippen molar-refractivity contribution >= 4 is 10.0 Å². The van der Waals surface area contributed by atoms with Crippen LogP contribution in [0.15, 0.2) is 59.7 Å². The van der Waals surface area contributed by atoms with Crippen LogP contribution in [0, 0.1) is 5.82 Å². The molecule has 2 atom stereocenters. The van der Waals surface area contributed by atoms with Gasteiger partial charge in [0, 0.05) is 37.3 Å². The molecule has 0 amide bonds. The summed E-state index contributed by atoms with van der Waals surface area (Å²) in [4.78, 5) is 18.2. The monoisotopic (exact) mass is 502 g/mol. The van der Waals surface area contributed by atoms with Crippen molar-refractivity contribution in [3.63, 3.8) is 0 Å². The number of nitrogens with one attached hydrogen (secondary N) is 1. The van der Waals surface area contributed by atoms with Crippen LogP contribution in [0.2, 0.25) is 0 Å². The molecule has 0 bridgehead atoms. The molecule has 2 aromatic carbocycles. The van der Waals surface area contributed by atoms with Gasteiger partial charge in [0.1, 0.15) is 5.82 Å². The minimum atomic E-state index is -3.76. The highest BCUT2D eigenvalue weighted by molar-refractivity contribution is 7.90. The Morgan fingerprint density at radius 1 is 1.17 bits per heavy atom. The number of aromatic nitrogens is 2. The molecule has 1 N–H and O–H groups in total. The fourth-order valence-electron chi connectivity index (χ4n) is 4.81. The molecule has 2 aliphatic rings. The second kappa shape index (κ2) is 9.32. The van der Waals surface area contributed by atoms with Crippen molar-refractivity contribution in [3.05, 3.63) is 87.9 Å². The van der Waals surface area contributed by atoms with E-state index in [-0.39, 0.29) is 36.1 Å². The van der Waals surface area contributed by atoms with Crippen molar-refractivity contribution in [2.24, 2.45) is 0 Å². The molecule has 0 radical (unpaired) electrons. The lowest BCUT2D eigenvalue weighted by Crippen LogP contribution is -2.47. The van der Waals surface area contributed by atoms with Gasteiger partial charge in [-0.3, -0.25) is 9.36 Å². The molecule has 3 aromatic rings. The van der Waals surface area contributed by atoms with Gasteiger partial charge in [0.25, 0.3) is 5.56 Å². The van der Waals surface area contributed by atoms with Crippen LogP contribution in [0.25, 0.3) is 11.1 Å². The third-order valence-electron chi connectivity index (χ3n) is 6.76. The minimum absolute atomic E-state index is 0.123. The van der Waals surface area contributed by atoms with Gasteiger partial charge in [-0.1, -0.05) is 48.5 Å². The van der Waals surface area contributed by atoms with Gasteiger partial charge in [0.2, 0.25) is 10.0 Å². The first-order chi connectivity index (χ1) is 19.6. The third kappa shape index (κ3) is 4.69. The average Bonchev–Trinajstić information content (AvgIpc) is 3.76. The van der Waals surface area contributed by atoms with E-state index >= 15 is 4.39 Å². The first-order valence-electron chi connectivity index (χ1n) is 15.0. The summed E-state index contributed by atoms with van der Waals surface area (Å²) in [6.07, 6.45) is 1.94. The summed E-state index contributed by atoms with van der Waals surface area (Å²) in [6, 6.07) is 9.32. The second-order valence-electron chi connectivity index (χ2n) is 9.09. The van der Waals surface area contributed by atoms with Crippen molar-refractivity contribution in [2.75, 3.05) is 0 Å². The summed E-state index contributed by atoms with van der Waals surface area (Å²) in [5, 5.41) is -0.574. The van der Waals surface area contributed by atoms with Crippen LogP contribution in [0.5, 0.6) is 0 Å². The maximum absolute atomic E-state index is 16.0.